The second kappa shape index (κ2) is 6.22. The molecule has 6 heteroatoms. The van der Waals surface area contributed by atoms with E-state index in [2.05, 4.69) is 10.5 Å². The zero-order valence-electron chi connectivity index (χ0n) is 14.8. The van der Waals surface area contributed by atoms with Crippen LogP contribution in [-0.4, -0.2) is 18.2 Å². The van der Waals surface area contributed by atoms with Crippen molar-refractivity contribution in [3.8, 4) is 5.75 Å². The van der Waals surface area contributed by atoms with E-state index in [1.807, 2.05) is 37.3 Å². The zero-order valence-corrected chi connectivity index (χ0v) is 14.8. The Morgan fingerprint density at radius 2 is 2.00 bits per heavy atom. The van der Waals surface area contributed by atoms with Gasteiger partial charge in [-0.2, -0.15) is 0 Å². The number of rotatable bonds is 4. The van der Waals surface area contributed by atoms with Crippen molar-refractivity contribution in [2.75, 3.05) is 12.4 Å². The lowest BCUT2D eigenvalue weighted by Crippen LogP contribution is -2.15. The molecule has 0 bridgehead atoms. The smallest absolute Gasteiger partial charge is 0.261 e. The van der Waals surface area contributed by atoms with Crippen LogP contribution in [0.15, 0.2) is 45.3 Å². The molecule has 26 heavy (non-hydrogen) atoms. The predicted octanol–water partition coefficient (Wildman–Crippen LogP) is 4.71. The number of aromatic nitrogens is 1. The second-order valence-electron chi connectivity index (χ2n) is 6.02. The van der Waals surface area contributed by atoms with E-state index in [4.69, 9.17) is 13.7 Å². The molecular weight excluding hydrogens is 332 g/mol. The third-order valence-corrected chi connectivity index (χ3v) is 4.44. The van der Waals surface area contributed by atoms with Gasteiger partial charge in [0, 0.05) is 16.8 Å². The Morgan fingerprint density at radius 1 is 1.19 bits per heavy atom. The van der Waals surface area contributed by atoms with Crippen LogP contribution in [0, 0.1) is 6.92 Å². The third kappa shape index (κ3) is 2.50. The molecule has 0 saturated heterocycles. The minimum Gasteiger partial charge on any atom is -0.495 e. The standard InChI is InChI=1S/C20H18N2O4/c1-4-14-19(11(2)26-22-14)20(23)21-15-10-17-13(9-18(15)24-3)12-7-5-6-8-16(12)25-17/h5-10H,4H2,1-3H3,(H,21,23). The van der Waals surface area contributed by atoms with Gasteiger partial charge in [-0.15, -0.1) is 0 Å². The number of hydrogen-bond donors (Lipinski definition) is 1. The number of nitrogens with zero attached hydrogens (tertiary/aromatic N) is 1. The number of furan rings is 1. The van der Waals surface area contributed by atoms with Crippen molar-refractivity contribution in [2.24, 2.45) is 0 Å². The second-order valence-corrected chi connectivity index (χ2v) is 6.02. The molecule has 132 valence electrons. The molecule has 0 aliphatic rings. The molecule has 0 radical (unpaired) electrons. The van der Waals surface area contributed by atoms with Gasteiger partial charge in [0.1, 0.15) is 28.2 Å². The van der Waals surface area contributed by atoms with E-state index in [1.54, 1.807) is 20.1 Å². The average molecular weight is 350 g/mol. The summed E-state index contributed by atoms with van der Waals surface area (Å²) in [4.78, 5) is 12.8. The maximum atomic E-state index is 12.8. The molecule has 2 aromatic heterocycles. The van der Waals surface area contributed by atoms with E-state index in [0.717, 1.165) is 16.4 Å². The van der Waals surface area contributed by atoms with Crippen molar-refractivity contribution < 1.29 is 18.5 Å². The summed E-state index contributed by atoms with van der Waals surface area (Å²) in [5, 5.41) is 8.76. The Kier molecular flexibility index (Phi) is 3.88. The van der Waals surface area contributed by atoms with Gasteiger partial charge in [0.2, 0.25) is 0 Å². The van der Waals surface area contributed by atoms with Crippen molar-refractivity contribution in [1.29, 1.82) is 0 Å². The van der Waals surface area contributed by atoms with Crippen LogP contribution in [-0.2, 0) is 6.42 Å². The number of aryl methyl sites for hydroxylation is 2. The molecule has 0 unspecified atom stereocenters. The quantitative estimate of drug-likeness (QED) is 0.577. The van der Waals surface area contributed by atoms with Crippen molar-refractivity contribution in [3.63, 3.8) is 0 Å². The van der Waals surface area contributed by atoms with Gasteiger partial charge in [-0.25, -0.2) is 0 Å². The number of para-hydroxylation sites is 1. The first kappa shape index (κ1) is 16.2. The van der Waals surface area contributed by atoms with E-state index < -0.39 is 0 Å². The first-order chi connectivity index (χ1) is 12.6. The van der Waals surface area contributed by atoms with Gasteiger partial charge in [0.25, 0.3) is 5.91 Å². The third-order valence-electron chi connectivity index (χ3n) is 4.44. The summed E-state index contributed by atoms with van der Waals surface area (Å²) in [6.45, 7) is 3.65. The SMILES string of the molecule is CCc1noc(C)c1C(=O)Nc1cc2oc3ccccc3c2cc1OC. The van der Waals surface area contributed by atoms with Crippen LogP contribution < -0.4 is 10.1 Å². The number of anilines is 1. The number of ether oxygens (including phenoxy) is 1. The minimum absolute atomic E-state index is 0.283. The van der Waals surface area contributed by atoms with E-state index in [9.17, 15) is 4.79 Å². The Morgan fingerprint density at radius 3 is 2.77 bits per heavy atom. The van der Waals surface area contributed by atoms with Crippen LogP contribution in [0.25, 0.3) is 21.9 Å². The number of methoxy groups -OCH3 is 1. The van der Waals surface area contributed by atoms with Crippen molar-refractivity contribution in [3.05, 3.63) is 53.4 Å². The fourth-order valence-corrected chi connectivity index (χ4v) is 3.15. The maximum Gasteiger partial charge on any atom is 0.261 e. The van der Waals surface area contributed by atoms with E-state index in [1.165, 1.54) is 0 Å². The fraction of sp³-hybridized carbons (Fsp3) is 0.200. The van der Waals surface area contributed by atoms with Crippen LogP contribution in [0.4, 0.5) is 5.69 Å². The lowest BCUT2D eigenvalue weighted by molar-refractivity contribution is 0.102. The average Bonchev–Trinajstić information content (AvgIpc) is 3.20. The number of fused-ring (bicyclic) bond motifs is 3. The topological polar surface area (TPSA) is 77.5 Å². The molecule has 1 amide bonds. The molecule has 2 heterocycles. The van der Waals surface area contributed by atoms with Crippen LogP contribution in [0.5, 0.6) is 5.75 Å². The first-order valence-corrected chi connectivity index (χ1v) is 8.38. The highest BCUT2D eigenvalue weighted by Crippen LogP contribution is 2.36. The molecule has 6 nitrogen and oxygen atoms in total. The maximum absolute atomic E-state index is 12.8. The highest BCUT2D eigenvalue weighted by molar-refractivity contribution is 6.10. The van der Waals surface area contributed by atoms with E-state index in [0.29, 0.717) is 40.5 Å². The predicted molar refractivity (Wildman–Crippen MR) is 98.8 cm³/mol. The van der Waals surface area contributed by atoms with Crippen LogP contribution >= 0.6 is 0 Å². The summed E-state index contributed by atoms with van der Waals surface area (Å²) in [5.41, 5.74) is 3.09. The van der Waals surface area contributed by atoms with Gasteiger partial charge in [-0.3, -0.25) is 4.79 Å². The van der Waals surface area contributed by atoms with E-state index in [-0.39, 0.29) is 5.91 Å². The molecule has 2 aromatic carbocycles. The lowest BCUT2D eigenvalue weighted by Gasteiger charge is -2.10. The van der Waals surface area contributed by atoms with Crippen LogP contribution in [0.1, 0.15) is 28.7 Å². The lowest BCUT2D eigenvalue weighted by atomic mass is 10.1. The molecule has 0 aliphatic carbocycles. The molecule has 1 N–H and O–H groups in total. The van der Waals surface area contributed by atoms with Crippen LogP contribution in [0.3, 0.4) is 0 Å². The fourth-order valence-electron chi connectivity index (χ4n) is 3.15. The molecule has 0 atom stereocenters. The Balaban J connectivity index is 1.79. The van der Waals surface area contributed by atoms with Gasteiger partial charge in [-0.1, -0.05) is 30.3 Å². The highest BCUT2D eigenvalue weighted by atomic mass is 16.5. The number of nitrogens with one attached hydrogen (secondary N) is 1. The summed E-state index contributed by atoms with van der Waals surface area (Å²) in [6.07, 6.45) is 0.611. The highest BCUT2D eigenvalue weighted by Gasteiger charge is 2.21. The molecule has 0 fully saturated rings. The van der Waals surface area contributed by atoms with Gasteiger partial charge >= 0.3 is 0 Å². The van der Waals surface area contributed by atoms with Gasteiger partial charge < -0.3 is 19.0 Å². The Hall–Kier alpha value is -3.28. The summed E-state index contributed by atoms with van der Waals surface area (Å²) in [7, 11) is 1.57. The minimum atomic E-state index is -0.283. The number of benzene rings is 2. The normalized spacial score (nSPS) is 11.2. The number of hydrogen-bond acceptors (Lipinski definition) is 5. The van der Waals surface area contributed by atoms with Crippen molar-refractivity contribution in [1.82, 2.24) is 5.16 Å². The van der Waals surface area contributed by atoms with Crippen LogP contribution in [0.2, 0.25) is 0 Å². The largest absolute Gasteiger partial charge is 0.495 e. The van der Waals surface area contributed by atoms with E-state index >= 15 is 0 Å². The van der Waals surface area contributed by atoms with Gasteiger partial charge in [0.05, 0.1) is 18.5 Å². The zero-order chi connectivity index (χ0) is 18.3. The monoisotopic (exact) mass is 350 g/mol. The molecular formula is C20H18N2O4. The molecule has 4 rings (SSSR count). The number of carbonyl (C=O) groups excluding carboxylic acids is 1. The first-order valence-electron chi connectivity index (χ1n) is 8.38. The summed E-state index contributed by atoms with van der Waals surface area (Å²) in [6, 6.07) is 11.4. The van der Waals surface area contributed by atoms with Gasteiger partial charge in [0.15, 0.2) is 0 Å². The summed E-state index contributed by atoms with van der Waals surface area (Å²) < 4.78 is 16.5. The van der Waals surface area contributed by atoms with Gasteiger partial charge in [-0.05, 0) is 25.5 Å². The molecule has 0 saturated carbocycles. The summed E-state index contributed by atoms with van der Waals surface area (Å²) >= 11 is 0. The number of carbonyl (C=O) groups is 1. The molecule has 4 aromatic rings. The Bertz CT molecular complexity index is 1120. The Labute approximate surface area is 149 Å². The number of amides is 1. The van der Waals surface area contributed by atoms with Crippen molar-refractivity contribution >= 4 is 33.5 Å². The summed E-state index contributed by atoms with van der Waals surface area (Å²) in [5.74, 6) is 0.766. The van der Waals surface area contributed by atoms with Crippen molar-refractivity contribution in [2.45, 2.75) is 20.3 Å². The molecule has 0 spiro atoms. The molecule has 0 aliphatic heterocycles.